The molecule has 88 valence electrons. The predicted molar refractivity (Wildman–Crippen MR) is 56.7 cm³/mol. The number of carboxylic acids is 1. The number of carbonyl (C=O) groups excluding carboxylic acids is 1. The lowest BCUT2D eigenvalue weighted by Gasteiger charge is -2.08. The average Bonchev–Trinajstić information content (AvgIpc) is 2.23. The zero-order valence-electron chi connectivity index (χ0n) is 8.95. The highest BCUT2D eigenvalue weighted by Gasteiger charge is 2.12. The second kappa shape index (κ2) is 5.07. The summed E-state index contributed by atoms with van der Waals surface area (Å²) in [6.45, 7) is 1.42. The molecule has 1 aromatic rings. The predicted octanol–water partition coefficient (Wildman–Crippen LogP) is 1.42. The largest absolute Gasteiger partial charge is 0.481 e. The van der Waals surface area contributed by atoms with E-state index in [2.05, 4.69) is 5.32 Å². The number of nitrogens with zero attached hydrogens (tertiary/aromatic N) is 1. The molecule has 0 heterocycles. The first kappa shape index (κ1) is 12.6. The smallest absolute Gasteiger partial charge is 0.312 e. The van der Waals surface area contributed by atoms with Crippen LogP contribution in [0.1, 0.15) is 17.5 Å². The Bertz CT molecular complexity index is 520. The van der Waals surface area contributed by atoms with E-state index >= 15 is 0 Å². The molecule has 0 saturated heterocycles. The van der Waals surface area contributed by atoms with Crippen LogP contribution in [-0.4, -0.2) is 17.0 Å². The van der Waals surface area contributed by atoms with E-state index in [0.717, 1.165) is 6.07 Å². The highest BCUT2D eigenvalue weighted by atomic mass is 19.1. The van der Waals surface area contributed by atoms with Crippen molar-refractivity contribution in [1.29, 1.82) is 5.26 Å². The van der Waals surface area contributed by atoms with Crippen LogP contribution >= 0.6 is 0 Å². The summed E-state index contributed by atoms with van der Waals surface area (Å²) in [7, 11) is 0. The number of carboxylic acid groups (broad SMARTS) is 1. The first-order valence-corrected chi connectivity index (χ1v) is 4.66. The molecule has 1 amide bonds. The summed E-state index contributed by atoms with van der Waals surface area (Å²) in [6.07, 6.45) is -0.710. The van der Waals surface area contributed by atoms with Gasteiger partial charge in [-0.2, -0.15) is 5.26 Å². The first-order valence-electron chi connectivity index (χ1n) is 4.66. The Morgan fingerprint density at radius 1 is 1.53 bits per heavy atom. The highest BCUT2D eigenvalue weighted by Crippen LogP contribution is 2.20. The first-order chi connectivity index (χ1) is 7.93. The minimum absolute atomic E-state index is 0.0544. The molecule has 17 heavy (non-hydrogen) atoms. The molecule has 5 nitrogen and oxygen atoms in total. The number of anilines is 1. The maximum atomic E-state index is 13.3. The van der Waals surface area contributed by atoms with E-state index in [0.29, 0.717) is 0 Å². The maximum absolute atomic E-state index is 13.3. The van der Waals surface area contributed by atoms with Gasteiger partial charge in [0.25, 0.3) is 0 Å². The number of carbonyl (C=O) groups is 2. The van der Waals surface area contributed by atoms with E-state index in [1.54, 1.807) is 6.07 Å². The third-order valence-corrected chi connectivity index (χ3v) is 2.06. The molecule has 0 atom stereocenters. The molecule has 2 N–H and O–H groups in total. The summed E-state index contributed by atoms with van der Waals surface area (Å²) in [5.74, 6) is -2.68. The van der Waals surface area contributed by atoms with Gasteiger partial charge >= 0.3 is 5.97 Å². The summed E-state index contributed by atoms with van der Waals surface area (Å²) in [6, 6.07) is 4.08. The van der Waals surface area contributed by atoms with Gasteiger partial charge in [0.15, 0.2) is 0 Å². The number of aliphatic carboxylic acids is 1. The molecule has 1 aromatic carbocycles. The van der Waals surface area contributed by atoms with Crippen molar-refractivity contribution in [3.8, 4) is 6.07 Å². The lowest BCUT2D eigenvalue weighted by Crippen LogP contribution is -2.17. The third kappa shape index (κ3) is 3.28. The van der Waals surface area contributed by atoms with E-state index in [1.165, 1.54) is 13.0 Å². The van der Waals surface area contributed by atoms with Crippen LogP contribution in [-0.2, 0) is 9.59 Å². The van der Waals surface area contributed by atoms with Gasteiger partial charge in [0.1, 0.15) is 12.2 Å². The molecule has 1 rings (SSSR count). The normalized spacial score (nSPS) is 9.47. The van der Waals surface area contributed by atoms with E-state index < -0.39 is 24.1 Å². The van der Waals surface area contributed by atoms with E-state index in [1.807, 2.05) is 0 Å². The summed E-state index contributed by atoms with van der Waals surface area (Å²) >= 11 is 0. The summed E-state index contributed by atoms with van der Waals surface area (Å²) in [5.41, 5.74) is 0.314. The summed E-state index contributed by atoms with van der Waals surface area (Å²) in [4.78, 5) is 21.5. The fourth-order valence-corrected chi connectivity index (χ4v) is 1.20. The Morgan fingerprint density at radius 3 is 2.71 bits per heavy atom. The molecule has 0 aliphatic heterocycles. The highest BCUT2D eigenvalue weighted by molar-refractivity contribution is 6.01. The monoisotopic (exact) mass is 236 g/mol. The molecule has 0 spiro atoms. The van der Waals surface area contributed by atoms with Crippen LogP contribution in [0.5, 0.6) is 0 Å². The second-order valence-corrected chi connectivity index (χ2v) is 3.36. The maximum Gasteiger partial charge on any atom is 0.312 e. The standard InChI is InChI=1S/C11H9FN2O3/c1-6-8(12)2-7(5-13)3-9(6)14-10(15)4-11(16)17/h2-3H,4H2,1H3,(H,14,15)(H,16,17). The summed E-state index contributed by atoms with van der Waals surface area (Å²) in [5, 5.41) is 19.3. The van der Waals surface area contributed by atoms with E-state index in [-0.39, 0.29) is 16.8 Å². The molecule has 0 fully saturated rings. The van der Waals surface area contributed by atoms with Crippen molar-refractivity contribution in [1.82, 2.24) is 0 Å². The lowest BCUT2D eigenvalue weighted by molar-refractivity contribution is -0.139. The molecule has 0 unspecified atom stereocenters. The van der Waals surface area contributed by atoms with Crippen molar-refractivity contribution < 1.29 is 19.1 Å². The second-order valence-electron chi connectivity index (χ2n) is 3.36. The van der Waals surface area contributed by atoms with Crippen LogP contribution in [0.25, 0.3) is 0 Å². The number of hydrogen-bond acceptors (Lipinski definition) is 3. The van der Waals surface area contributed by atoms with Crippen LogP contribution in [0.15, 0.2) is 12.1 Å². The average molecular weight is 236 g/mol. The number of halogens is 1. The quantitative estimate of drug-likeness (QED) is 0.776. The van der Waals surface area contributed by atoms with Crippen LogP contribution in [0, 0.1) is 24.1 Å². The summed E-state index contributed by atoms with van der Waals surface area (Å²) < 4.78 is 13.3. The zero-order valence-corrected chi connectivity index (χ0v) is 8.95. The van der Waals surface area contributed by atoms with Crippen LogP contribution in [0.2, 0.25) is 0 Å². The molecule has 0 radical (unpaired) electrons. The van der Waals surface area contributed by atoms with Crippen molar-refractivity contribution in [2.45, 2.75) is 13.3 Å². The molecule has 6 heteroatoms. The third-order valence-electron chi connectivity index (χ3n) is 2.06. The molecule has 0 bridgehead atoms. The SMILES string of the molecule is Cc1c(F)cc(C#N)cc1NC(=O)CC(=O)O. The number of rotatable bonds is 3. The minimum Gasteiger partial charge on any atom is -0.481 e. The molecule has 0 aliphatic carbocycles. The fraction of sp³-hybridized carbons (Fsp3) is 0.182. The van der Waals surface area contributed by atoms with Gasteiger partial charge in [-0.1, -0.05) is 0 Å². The van der Waals surface area contributed by atoms with Crippen LogP contribution in [0.3, 0.4) is 0 Å². The van der Waals surface area contributed by atoms with Crippen LogP contribution in [0.4, 0.5) is 10.1 Å². The van der Waals surface area contributed by atoms with Gasteiger partial charge in [0, 0.05) is 11.3 Å². The van der Waals surface area contributed by atoms with E-state index in [4.69, 9.17) is 10.4 Å². The van der Waals surface area contributed by atoms with Gasteiger partial charge in [0.2, 0.25) is 5.91 Å². The Hall–Kier alpha value is -2.42. The molecular formula is C11H9FN2O3. The van der Waals surface area contributed by atoms with Gasteiger partial charge in [-0.25, -0.2) is 4.39 Å². The van der Waals surface area contributed by atoms with Gasteiger partial charge < -0.3 is 10.4 Å². The number of nitrogens with one attached hydrogen (secondary N) is 1. The Balaban J connectivity index is 2.98. The van der Waals surface area contributed by atoms with Crippen molar-refractivity contribution in [3.63, 3.8) is 0 Å². The van der Waals surface area contributed by atoms with Crippen LogP contribution < -0.4 is 5.32 Å². The lowest BCUT2D eigenvalue weighted by atomic mass is 10.1. The Morgan fingerprint density at radius 2 is 2.18 bits per heavy atom. The number of benzene rings is 1. The number of hydrogen-bond donors (Lipinski definition) is 2. The Kier molecular flexibility index (Phi) is 3.78. The minimum atomic E-state index is -1.28. The van der Waals surface area contributed by atoms with Crippen molar-refractivity contribution in [2.24, 2.45) is 0 Å². The molecule has 0 saturated carbocycles. The van der Waals surface area contributed by atoms with E-state index in [9.17, 15) is 14.0 Å². The molecule has 0 aromatic heterocycles. The van der Waals surface area contributed by atoms with Gasteiger partial charge in [0.05, 0.1) is 11.6 Å². The van der Waals surface area contributed by atoms with Gasteiger partial charge in [-0.15, -0.1) is 0 Å². The topological polar surface area (TPSA) is 90.2 Å². The van der Waals surface area contributed by atoms with Crippen molar-refractivity contribution in [2.75, 3.05) is 5.32 Å². The Labute approximate surface area is 96.5 Å². The molecule has 0 aliphatic rings. The number of amides is 1. The fourth-order valence-electron chi connectivity index (χ4n) is 1.20. The zero-order chi connectivity index (χ0) is 13.0. The van der Waals surface area contributed by atoms with Crippen molar-refractivity contribution >= 4 is 17.6 Å². The van der Waals surface area contributed by atoms with Crippen molar-refractivity contribution in [3.05, 3.63) is 29.1 Å². The van der Waals surface area contributed by atoms with Gasteiger partial charge in [-0.05, 0) is 19.1 Å². The van der Waals surface area contributed by atoms with Gasteiger partial charge in [-0.3, -0.25) is 9.59 Å². The number of nitriles is 1. The molecular weight excluding hydrogens is 227 g/mol.